The monoisotopic (exact) mass is 434 g/mol. The summed E-state index contributed by atoms with van der Waals surface area (Å²) >= 11 is 0. The first-order chi connectivity index (χ1) is 15.3. The van der Waals surface area contributed by atoms with Crippen molar-refractivity contribution in [3.8, 4) is 0 Å². The topological polar surface area (TPSA) is 218 Å². The molecule has 4 N–H and O–H groups in total. The predicted molar refractivity (Wildman–Crippen MR) is 114 cm³/mol. The fourth-order valence-electron chi connectivity index (χ4n) is 3.16. The summed E-state index contributed by atoms with van der Waals surface area (Å²) in [6, 6.07) is 10.6. The molecule has 0 aromatic heterocycles. The molecule has 162 valence electrons. The minimum absolute atomic E-state index is 0.0150. The van der Waals surface area contributed by atoms with Gasteiger partial charge < -0.3 is 11.5 Å². The lowest BCUT2D eigenvalue weighted by molar-refractivity contribution is -0.124. The molecule has 0 atom stereocenters. The maximum Gasteiger partial charge on any atom is 0.239 e. The molecular formula is C20H18N8O4. The second-order valence-electron chi connectivity index (χ2n) is 6.72. The average Bonchev–Trinajstić information content (AvgIpc) is 2.77. The fourth-order valence-corrected chi connectivity index (χ4v) is 3.16. The van der Waals surface area contributed by atoms with E-state index >= 15 is 0 Å². The highest BCUT2D eigenvalue weighted by molar-refractivity contribution is 6.31. The summed E-state index contributed by atoms with van der Waals surface area (Å²) in [5.74, 6) is -3.59. The van der Waals surface area contributed by atoms with Crippen molar-refractivity contribution in [2.45, 2.75) is 19.3 Å². The van der Waals surface area contributed by atoms with Crippen LogP contribution in [-0.2, 0) is 9.59 Å². The quantitative estimate of drug-likeness (QED) is 0.177. The third kappa shape index (κ3) is 5.08. The Balaban J connectivity index is 2.57. The summed E-state index contributed by atoms with van der Waals surface area (Å²) in [6.07, 6.45) is -0.552. The molecule has 0 radical (unpaired) electrons. The van der Waals surface area contributed by atoms with Gasteiger partial charge in [-0.2, -0.15) is 0 Å². The maximum atomic E-state index is 13.4. The Bertz CT molecular complexity index is 1070. The number of carbonyl (C=O) groups is 4. The van der Waals surface area contributed by atoms with Crippen LogP contribution in [0.1, 0.15) is 40.0 Å². The van der Waals surface area contributed by atoms with Gasteiger partial charge in [0.05, 0.1) is 0 Å². The number of azide groups is 2. The van der Waals surface area contributed by atoms with Crippen molar-refractivity contribution in [2.24, 2.45) is 27.1 Å². The Morgan fingerprint density at radius 1 is 0.781 bits per heavy atom. The molecule has 12 nitrogen and oxygen atoms in total. The first-order valence-corrected chi connectivity index (χ1v) is 9.24. The van der Waals surface area contributed by atoms with E-state index in [2.05, 4.69) is 20.1 Å². The highest BCUT2D eigenvalue weighted by Crippen LogP contribution is 2.34. The van der Waals surface area contributed by atoms with Crippen molar-refractivity contribution in [2.75, 3.05) is 0 Å². The Morgan fingerprint density at radius 2 is 1.19 bits per heavy atom. The van der Waals surface area contributed by atoms with Crippen LogP contribution in [0.3, 0.4) is 0 Å². The highest BCUT2D eigenvalue weighted by Gasteiger charge is 2.51. The van der Waals surface area contributed by atoms with Crippen LogP contribution in [0.2, 0.25) is 0 Å². The number of hydrogen-bond donors (Lipinski definition) is 2. The van der Waals surface area contributed by atoms with Crippen molar-refractivity contribution in [3.63, 3.8) is 0 Å². The molecule has 32 heavy (non-hydrogen) atoms. The Labute approximate surface area is 181 Å². The SMILES string of the molecule is [N-]=[N+]=Nc1ccc(C(=O)C(CCCC(N)=O)(C(N)=O)C(=O)c2ccc(N=[N+]=[N-])cc2)cc1. The van der Waals surface area contributed by atoms with Crippen LogP contribution in [0.5, 0.6) is 0 Å². The van der Waals surface area contributed by atoms with Crippen LogP contribution >= 0.6 is 0 Å². The van der Waals surface area contributed by atoms with Gasteiger partial charge >= 0.3 is 0 Å². The number of rotatable bonds is 11. The molecule has 2 aromatic rings. The average molecular weight is 434 g/mol. The van der Waals surface area contributed by atoms with Gasteiger partial charge in [0.1, 0.15) is 0 Å². The zero-order chi connectivity index (χ0) is 23.7. The summed E-state index contributed by atoms with van der Waals surface area (Å²) in [7, 11) is 0. The summed E-state index contributed by atoms with van der Waals surface area (Å²) in [5, 5.41) is 6.81. The number of hydrogen-bond acceptors (Lipinski definition) is 6. The number of benzene rings is 2. The van der Waals surface area contributed by atoms with Gasteiger partial charge in [-0.05, 0) is 23.9 Å². The number of primary amides is 2. The van der Waals surface area contributed by atoms with Crippen molar-refractivity contribution >= 4 is 34.8 Å². The summed E-state index contributed by atoms with van der Waals surface area (Å²) in [6.45, 7) is 0. The molecule has 12 heteroatoms. The lowest BCUT2D eigenvalue weighted by Crippen LogP contribution is -2.50. The van der Waals surface area contributed by atoms with Crippen LogP contribution in [0.15, 0.2) is 58.8 Å². The van der Waals surface area contributed by atoms with E-state index in [1.54, 1.807) is 0 Å². The van der Waals surface area contributed by atoms with E-state index in [-0.39, 0.29) is 41.8 Å². The Morgan fingerprint density at radius 3 is 1.50 bits per heavy atom. The van der Waals surface area contributed by atoms with E-state index in [0.29, 0.717) is 0 Å². The van der Waals surface area contributed by atoms with Gasteiger partial charge in [0.2, 0.25) is 11.8 Å². The van der Waals surface area contributed by atoms with Gasteiger partial charge in [-0.15, -0.1) is 0 Å². The van der Waals surface area contributed by atoms with E-state index in [1.165, 1.54) is 48.5 Å². The second-order valence-corrected chi connectivity index (χ2v) is 6.72. The van der Waals surface area contributed by atoms with E-state index in [4.69, 9.17) is 22.5 Å². The standard InChI is InChI=1S/C20H18N8O4/c21-16(29)2-1-11-20(19(22)32,17(30)12-3-7-14(8-4-12)25-27-23)18(31)13-5-9-15(10-6-13)26-28-24/h3-10H,1-2,11H2,(H2,21,29)(H2,22,32). The summed E-state index contributed by atoms with van der Waals surface area (Å²) in [5.41, 5.74) is 25.9. The molecule has 0 fully saturated rings. The predicted octanol–water partition coefficient (Wildman–Crippen LogP) is 3.76. The third-order valence-corrected chi connectivity index (χ3v) is 4.75. The number of Topliss-reactive ketones (excluding diaryl/α,β-unsaturated/α-hetero) is 2. The Hall–Kier alpha value is -4.66. The zero-order valence-electron chi connectivity index (χ0n) is 16.7. The molecular weight excluding hydrogens is 416 g/mol. The molecule has 0 aliphatic heterocycles. The van der Waals surface area contributed by atoms with Gasteiger partial charge in [0, 0.05) is 38.7 Å². The minimum atomic E-state index is -2.31. The largest absolute Gasteiger partial charge is 0.370 e. The second kappa shape index (κ2) is 10.4. The van der Waals surface area contributed by atoms with Crippen molar-refractivity contribution in [1.29, 1.82) is 0 Å². The molecule has 0 unspecified atom stereocenters. The van der Waals surface area contributed by atoms with Gasteiger partial charge in [-0.1, -0.05) is 58.8 Å². The number of ketones is 2. The van der Waals surface area contributed by atoms with Crippen LogP contribution in [0.25, 0.3) is 20.9 Å². The molecule has 0 aliphatic rings. The molecule has 2 rings (SSSR count). The van der Waals surface area contributed by atoms with E-state index in [0.717, 1.165) is 0 Å². The molecule has 0 saturated carbocycles. The smallest absolute Gasteiger partial charge is 0.239 e. The number of nitrogens with two attached hydrogens (primary N) is 2. The van der Waals surface area contributed by atoms with E-state index < -0.39 is 28.8 Å². The van der Waals surface area contributed by atoms with E-state index in [9.17, 15) is 19.2 Å². The molecule has 0 spiro atoms. The van der Waals surface area contributed by atoms with Crippen LogP contribution < -0.4 is 11.5 Å². The first-order valence-electron chi connectivity index (χ1n) is 9.24. The zero-order valence-corrected chi connectivity index (χ0v) is 16.7. The first kappa shape index (κ1) is 23.6. The molecule has 0 bridgehead atoms. The van der Waals surface area contributed by atoms with Crippen molar-refractivity contribution in [3.05, 3.63) is 80.5 Å². The number of nitrogens with zero attached hydrogens (tertiary/aromatic N) is 6. The molecule has 0 saturated heterocycles. The maximum absolute atomic E-state index is 13.4. The van der Waals surface area contributed by atoms with Crippen LogP contribution in [-0.4, -0.2) is 23.4 Å². The lowest BCUT2D eigenvalue weighted by Gasteiger charge is -2.28. The normalized spacial score (nSPS) is 11.9. The molecule has 0 aliphatic carbocycles. The lowest BCUT2D eigenvalue weighted by atomic mass is 9.70. The Kier molecular flexibility index (Phi) is 7.67. The fraction of sp³-hybridized carbons (Fsp3) is 0.200. The number of carbonyl (C=O) groups excluding carboxylic acids is 4. The molecule has 2 aromatic carbocycles. The summed E-state index contributed by atoms with van der Waals surface area (Å²) < 4.78 is 0. The van der Waals surface area contributed by atoms with Gasteiger partial charge in [0.15, 0.2) is 17.0 Å². The third-order valence-electron chi connectivity index (χ3n) is 4.75. The van der Waals surface area contributed by atoms with Gasteiger partial charge in [0.25, 0.3) is 0 Å². The highest BCUT2D eigenvalue weighted by atomic mass is 16.2. The molecule has 0 heterocycles. The number of amides is 2. The van der Waals surface area contributed by atoms with Crippen molar-refractivity contribution < 1.29 is 19.2 Å². The van der Waals surface area contributed by atoms with Gasteiger partial charge in [-0.25, -0.2) is 0 Å². The van der Waals surface area contributed by atoms with Crippen LogP contribution in [0.4, 0.5) is 11.4 Å². The minimum Gasteiger partial charge on any atom is -0.370 e. The van der Waals surface area contributed by atoms with Gasteiger partial charge in [-0.3, -0.25) is 19.2 Å². The van der Waals surface area contributed by atoms with Crippen molar-refractivity contribution in [1.82, 2.24) is 0 Å². The van der Waals surface area contributed by atoms with Crippen LogP contribution in [0, 0.1) is 5.41 Å². The summed E-state index contributed by atoms with van der Waals surface area (Å²) in [4.78, 5) is 55.9. The van der Waals surface area contributed by atoms with E-state index in [1.807, 2.05) is 0 Å². The molecule has 2 amide bonds.